The number of aromatic nitrogens is 1. The molecule has 0 fully saturated rings. The quantitative estimate of drug-likeness (QED) is 0.872. The van der Waals surface area contributed by atoms with Crippen molar-refractivity contribution in [3.05, 3.63) is 52.7 Å². The van der Waals surface area contributed by atoms with Crippen molar-refractivity contribution in [2.24, 2.45) is 0 Å². The summed E-state index contributed by atoms with van der Waals surface area (Å²) in [5.74, 6) is 1.43. The molecule has 1 aliphatic heterocycles. The number of carbonyl (C=O) groups is 1. The molecular weight excluding hydrogens is 321 g/mol. The van der Waals surface area contributed by atoms with Gasteiger partial charge in [0.25, 0.3) is 5.91 Å². The van der Waals surface area contributed by atoms with Gasteiger partial charge in [-0.05, 0) is 37.1 Å². The van der Waals surface area contributed by atoms with E-state index in [0.29, 0.717) is 17.9 Å². The number of ether oxygens (including phenoxy) is 1. The Kier molecular flexibility index (Phi) is 4.88. The summed E-state index contributed by atoms with van der Waals surface area (Å²) in [6, 6.07) is 7.44. The maximum absolute atomic E-state index is 12.8. The van der Waals surface area contributed by atoms with Gasteiger partial charge in [-0.15, -0.1) is 0 Å². The van der Waals surface area contributed by atoms with E-state index in [1.54, 1.807) is 19.3 Å². The third kappa shape index (κ3) is 3.16. The first-order chi connectivity index (χ1) is 12.1. The van der Waals surface area contributed by atoms with Crippen LogP contribution in [0, 0.1) is 6.92 Å². The lowest BCUT2D eigenvalue weighted by Gasteiger charge is -2.25. The monoisotopic (exact) mass is 343 g/mol. The minimum atomic E-state index is -0.514. The number of benzene rings is 1. The van der Waals surface area contributed by atoms with Crippen molar-refractivity contribution in [2.45, 2.75) is 26.4 Å². The molecule has 2 heterocycles. The van der Waals surface area contributed by atoms with Crippen LogP contribution < -0.4 is 10.1 Å². The first kappa shape index (κ1) is 17.2. The molecule has 1 aliphatic rings. The summed E-state index contributed by atoms with van der Waals surface area (Å²) in [6.45, 7) is 3.99. The van der Waals surface area contributed by atoms with Gasteiger partial charge in [0.2, 0.25) is 0 Å². The van der Waals surface area contributed by atoms with Gasteiger partial charge in [0.1, 0.15) is 24.8 Å². The van der Waals surface area contributed by atoms with E-state index in [0.717, 1.165) is 22.5 Å². The molecule has 1 N–H and O–H groups in total. The molecule has 132 valence electrons. The highest BCUT2D eigenvalue weighted by molar-refractivity contribution is 5.99. The summed E-state index contributed by atoms with van der Waals surface area (Å²) < 4.78 is 17.7. The minimum Gasteiger partial charge on any atom is -0.491 e. The second-order valence-corrected chi connectivity index (χ2v) is 6.11. The van der Waals surface area contributed by atoms with Crippen LogP contribution in [0.5, 0.6) is 5.75 Å². The molecule has 1 aromatic carbocycles. The predicted molar refractivity (Wildman–Crippen MR) is 94.7 cm³/mol. The average molecular weight is 343 g/mol. The number of pyridine rings is 1. The van der Waals surface area contributed by atoms with Crippen LogP contribution in [0.2, 0.25) is 0 Å². The highest BCUT2D eigenvalue weighted by Crippen LogP contribution is 2.34. The molecule has 25 heavy (non-hydrogen) atoms. The molecule has 0 radical (unpaired) electrons. The zero-order valence-corrected chi connectivity index (χ0v) is 14.7. The highest BCUT2D eigenvalue weighted by atomic mass is 19.1. The number of carbonyl (C=O) groups excluding carboxylic acids is 1. The molecule has 1 amide bonds. The zero-order valence-electron chi connectivity index (χ0n) is 14.7. The lowest BCUT2D eigenvalue weighted by molar-refractivity contribution is 0.0716. The standard InChI is InChI=1S/C19H22FN3O2/c1-12-10-14(4-5-17(12)25-9-7-20)13(2)23-11-16-15(19(23)24)6-8-22-18(16)21-3/h4-6,8,10,13H,7,9,11H2,1-3H3,(H,21,22). The number of hydrogen-bond acceptors (Lipinski definition) is 4. The van der Waals surface area contributed by atoms with Crippen molar-refractivity contribution in [2.75, 3.05) is 25.6 Å². The Balaban J connectivity index is 1.84. The number of anilines is 1. The molecule has 0 aliphatic carbocycles. The largest absolute Gasteiger partial charge is 0.491 e. The van der Waals surface area contributed by atoms with Gasteiger partial charge in [-0.25, -0.2) is 9.37 Å². The third-order valence-corrected chi connectivity index (χ3v) is 4.60. The van der Waals surface area contributed by atoms with Gasteiger partial charge in [0, 0.05) is 24.4 Å². The highest BCUT2D eigenvalue weighted by Gasteiger charge is 2.33. The van der Waals surface area contributed by atoms with Crippen LogP contribution in [0.3, 0.4) is 0 Å². The average Bonchev–Trinajstić information content (AvgIpc) is 2.97. The molecule has 3 rings (SSSR count). The van der Waals surface area contributed by atoms with Gasteiger partial charge >= 0.3 is 0 Å². The fourth-order valence-corrected chi connectivity index (χ4v) is 3.20. The van der Waals surface area contributed by atoms with Gasteiger partial charge in [-0.1, -0.05) is 12.1 Å². The lowest BCUT2D eigenvalue weighted by Crippen LogP contribution is -2.27. The van der Waals surface area contributed by atoms with Crippen molar-refractivity contribution in [3.8, 4) is 5.75 Å². The number of rotatable bonds is 6. The topological polar surface area (TPSA) is 54.5 Å². The summed E-state index contributed by atoms with van der Waals surface area (Å²) in [7, 11) is 1.80. The summed E-state index contributed by atoms with van der Waals surface area (Å²) in [5.41, 5.74) is 3.58. The predicted octanol–water partition coefficient (Wildman–Crippen LogP) is 3.50. The van der Waals surface area contributed by atoms with Crippen LogP contribution in [0.15, 0.2) is 30.5 Å². The zero-order chi connectivity index (χ0) is 18.0. The van der Waals surface area contributed by atoms with E-state index in [4.69, 9.17) is 4.74 Å². The van der Waals surface area contributed by atoms with Crippen LogP contribution in [0.4, 0.5) is 10.2 Å². The fourth-order valence-electron chi connectivity index (χ4n) is 3.20. The molecule has 1 atom stereocenters. The molecule has 6 heteroatoms. The Labute approximate surface area is 146 Å². The van der Waals surface area contributed by atoms with E-state index in [9.17, 15) is 9.18 Å². The summed E-state index contributed by atoms with van der Waals surface area (Å²) in [4.78, 5) is 18.9. The maximum Gasteiger partial charge on any atom is 0.255 e. The molecule has 1 unspecified atom stereocenters. The number of alkyl halides is 1. The van der Waals surface area contributed by atoms with Crippen LogP contribution in [-0.2, 0) is 6.54 Å². The van der Waals surface area contributed by atoms with Crippen molar-refractivity contribution in [1.29, 1.82) is 0 Å². The van der Waals surface area contributed by atoms with Crippen LogP contribution in [0.25, 0.3) is 0 Å². The Morgan fingerprint density at radius 1 is 1.40 bits per heavy atom. The molecule has 0 spiro atoms. The summed E-state index contributed by atoms with van der Waals surface area (Å²) >= 11 is 0. The van der Waals surface area contributed by atoms with Gasteiger partial charge in [-0.3, -0.25) is 4.79 Å². The van der Waals surface area contributed by atoms with E-state index in [1.807, 2.05) is 36.9 Å². The number of aryl methyl sites for hydroxylation is 1. The summed E-state index contributed by atoms with van der Waals surface area (Å²) in [6.07, 6.45) is 1.65. The first-order valence-electron chi connectivity index (χ1n) is 8.32. The number of fused-ring (bicyclic) bond motifs is 1. The fraction of sp³-hybridized carbons (Fsp3) is 0.368. The van der Waals surface area contributed by atoms with Gasteiger partial charge in [-0.2, -0.15) is 0 Å². The Hall–Kier alpha value is -2.63. The normalized spacial score (nSPS) is 14.4. The molecular formula is C19H22FN3O2. The van der Waals surface area contributed by atoms with E-state index in [-0.39, 0.29) is 18.6 Å². The van der Waals surface area contributed by atoms with Gasteiger partial charge < -0.3 is 15.0 Å². The van der Waals surface area contributed by atoms with Crippen molar-refractivity contribution < 1.29 is 13.9 Å². The molecule has 0 saturated carbocycles. The maximum atomic E-state index is 12.8. The molecule has 0 bridgehead atoms. The van der Waals surface area contributed by atoms with E-state index in [1.165, 1.54) is 0 Å². The van der Waals surface area contributed by atoms with Gasteiger partial charge in [0.05, 0.1) is 12.6 Å². The number of hydrogen-bond donors (Lipinski definition) is 1. The smallest absolute Gasteiger partial charge is 0.255 e. The summed E-state index contributed by atoms with van der Waals surface area (Å²) in [5, 5.41) is 3.05. The third-order valence-electron chi connectivity index (χ3n) is 4.60. The van der Waals surface area contributed by atoms with Crippen LogP contribution in [0.1, 0.15) is 40.0 Å². The first-order valence-corrected chi connectivity index (χ1v) is 8.32. The molecule has 5 nitrogen and oxygen atoms in total. The number of nitrogens with zero attached hydrogens (tertiary/aromatic N) is 2. The molecule has 0 saturated heterocycles. The SMILES string of the molecule is CNc1nccc2c1CN(C(C)c1ccc(OCCF)c(C)c1)C2=O. The Bertz CT molecular complexity index is 794. The molecule has 2 aromatic rings. The second-order valence-electron chi connectivity index (χ2n) is 6.11. The lowest BCUT2D eigenvalue weighted by atomic mass is 10.0. The number of amides is 1. The van der Waals surface area contributed by atoms with Crippen molar-refractivity contribution in [3.63, 3.8) is 0 Å². The van der Waals surface area contributed by atoms with Gasteiger partial charge in [0.15, 0.2) is 0 Å². The Morgan fingerprint density at radius 2 is 2.20 bits per heavy atom. The van der Waals surface area contributed by atoms with E-state index < -0.39 is 6.67 Å². The second kappa shape index (κ2) is 7.09. The Morgan fingerprint density at radius 3 is 2.88 bits per heavy atom. The molecule has 1 aromatic heterocycles. The number of nitrogens with one attached hydrogen (secondary N) is 1. The van der Waals surface area contributed by atoms with Crippen LogP contribution in [-0.4, -0.2) is 36.1 Å². The van der Waals surface area contributed by atoms with E-state index in [2.05, 4.69) is 10.3 Å². The van der Waals surface area contributed by atoms with Crippen molar-refractivity contribution in [1.82, 2.24) is 9.88 Å². The van der Waals surface area contributed by atoms with Crippen molar-refractivity contribution >= 4 is 11.7 Å². The minimum absolute atomic E-state index is 0.0109. The van der Waals surface area contributed by atoms with E-state index >= 15 is 0 Å². The number of halogens is 1. The van der Waals surface area contributed by atoms with Crippen LogP contribution >= 0.6 is 0 Å².